The van der Waals surface area contributed by atoms with E-state index in [1.165, 1.54) is 4.90 Å². The van der Waals surface area contributed by atoms with Crippen LogP contribution in [0.1, 0.15) is 24.0 Å². The van der Waals surface area contributed by atoms with Gasteiger partial charge in [-0.15, -0.1) is 0 Å². The number of aliphatic hydroxyl groups is 1. The summed E-state index contributed by atoms with van der Waals surface area (Å²) in [6, 6.07) is 14.8. The summed E-state index contributed by atoms with van der Waals surface area (Å²) in [6.07, 6.45) is -4.17. The van der Waals surface area contributed by atoms with Crippen LogP contribution in [-0.2, 0) is 11.8 Å². The summed E-state index contributed by atoms with van der Waals surface area (Å²) in [4.78, 5) is 13.9. The number of carbonyl (C=O) groups excluding carboxylic acids is 1. The first-order chi connectivity index (χ1) is 14.6. The summed E-state index contributed by atoms with van der Waals surface area (Å²) < 4.78 is 52.2. The van der Waals surface area contributed by atoms with Gasteiger partial charge in [-0.3, -0.25) is 0 Å². The number of hydrogen-bond donors (Lipinski definition) is 2. The molecule has 0 unspecified atom stereocenters. The first kappa shape index (κ1) is 21.1. The number of anilines is 1. The van der Waals surface area contributed by atoms with E-state index >= 15 is 0 Å². The highest BCUT2D eigenvalue weighted by Gasteiger charge is 2.36. The molecule has 1 aliphatic rings. The number of urea groups is 1. The molecule has 3 aromatic rings. The minimum atomic E-state index is -4.72. The number of likely N-dealkylation sites (tertiary alicyclic amines) is 1. The molecule has 0 spiro atoms. The highest BCUT2D eigenvalue weighted by Crippen LogP contribution is 2.35. The number of fused-ring (bicyclic) bond motifs is 1. The first-order valence-electron chi connectivity index (χ1n) is 9.79. The van der Waals surface area contributed by atoms with E-state index in [0.29, 0.717) is 12.1 Å². The zero-order valence-electron chi connectivity index (χ0n) is 16.4. The van der Waals surface area contributed by atoms with Crippen molar-refractivity contribution in [2.75, 3.05) is 18.4 Å². The molecule has 162 valence electrons. The smallest absolute Gasteiger partial charge is 0.385 e. The van der Waals surface area contributed by atoms with Crippen LogP contribution >= 0.6 is 0 Å². The van der Waals surface area contributed by atoms with Crippen molar-refractivity contribution in [3.63, 3.8) is 0 Å². The molecule has 1 heterocycles. The number of hydrogen-bond acceptors (Lipinski definition) is 2. The molecular formula is C23H20F4N2O2. The minimum Gasteiger partial charge on any atom is -0.385 e. The molecule has 1 saturated heterocycles. The van der Waals surface area contributed by atoms with Gasteiger partial charge in [0.1, 0.15) is 5.82 Å². The summed E-state index contributed by atoms with van der Waals surface area (Å²) in [5.74, 6) is -1.09. The third-order valence-electron chi connectivity index (χ3n) is 5.64. The molecule has 0 saturated carbocycles. The molecule has 4 nitrogen and oxygen atoms in total. The van der Waals surface area contributed by atoms with Gasteiger partial charge in [0.25, 0.3) is 0 Å². The van der Waals surface area contributed by atoms with Crippen LogP contribution in [0.3, 0.4) is 0 Å². The van der Waals surface area contributed by atoms with E-state index in [1.54, 1.807) is 0 Å². The van der Waals surface area contributed by atoms with E-state index in [0.717, 1.165) is 22.4 Å². The second kappa shape index (κ2) is 7.85. The fourth-order valence-electron chi connectivity index (χ4n) is 3.88. The van der Waals surface area contributed by atoms with Crippen molar-refractivity contribution in [3.05, 3.63) is 77.6 Å². The van der Waals surface area contributed by atoms with E-state index in [9.17, 15) is 27.5 Å². The van der Waals surface area contributed by atoms with Gasteiger partial charge < -0.3 is 15.3 Å². The van der Waals surface area contributed by atoms with E-state index in [2.05, 4.69) is 5.32 Å². The number of piperidine rings is 1. The molecular weight excluding hydrogens is 412 g/mol. The number of carbonyl (C=O) groups is 1. The Morgan fingerprint density at radius 1 is 0.968 bits per heavy atom. The van der Waals surface area contributed by atoms with Crippen molar-refractivity contribution >= 4 is 22.5 Å². The SMILES string of the molecule is O=C(Nc1cc(F)cc(C(F)(F)F)c1)N1CCC(O)(c2ccc3ccccc3c2)CC1. The normalized spacial score (nSPS) is 16.4. The minimum absolute atomic E-state index is 0.205. The summed E-state index contributed by atoms with van der Waals surface area (Å²) in [6.45, 7) is 0.410. The fourth-order valence-corrected chi connectivity index (χ4v) is 3.88. The van der Waals surface area contributed by atoms with Crippen molar-refractivity contribution in [1.29, 1.82) is 0 Å². The molecule has 0 bridgehead atoms. The highest BCUT2D eigenvalue weighted by atomic mass is 19.4. The molecule has 3 aromatic carbocycles. The molecule has 1 fully saturated rings. The third-order valence-corrected chi connectivity index (χ3v) is 5.64. The Labute approximate surface area is 176 Å². The maximum atomic E-state index is 13.6. The van der Waals surface area contributed by atoms with Gasteiger partial charge in [0, 0.05) is 18.8 Å². The van der Waals surface area contributed by atoms with E-state index < -0.39 is 29.2 Å². The Kier molecular flexibility index (Phi) is 5.35. The third kappa shape index (κ3) is 4.49. The lowest BCUT2D eigenvalue weighted by Gasteiger charge is -2.38. The summed E-state index contributed by atoms with van der Waals surface area (Å²) >= 11 is 0. The quantitative estimate of drug-likeness (QED) is 0.525. The number of rotatable bonds is 2. The molecule has 0 radical (unpaired) electrons. The molecule has 0 aromatic heterocycles. The lowest BCUT2D eigenvalue weighted by atomic mass is 9.83. The van der Waals surface area contributed by atoms with Crippen LogP contribution < -0.4 is 5.32 Å². The van der Waals surface area contributed by atoms with Crippen LogP contribution in [-0.4, -0.2) is 29.1 Å². The predicted molar refractivity (Wildman–Crippen MR) is 109 cm³/mol. The predicted octanol–water partition coefficient (Wildman–Crippen LogP) is 5.51. The lowest BCUT2D eigenvalue weighted by Crippen LogP contribution is -2.46. The molecule has 2 amide bonds. The van der Waals surface area contributed by atoms with E-state index in [1.807, 2.05) is 42.5 Å². The topological polar surface area (TPSA) is 52.6 Å². The van der Waals surface area contributed by atoms with Gasteiger partial charge >= 0.3 is 12.2 Å². The van der Waals surface area contributed by atoms with E-state index in [4.69, 9.17) is 0 Å². The average Bonchev–Trinajstić information content (AvgIpc) is 2.73. The van der Waals surface area contributed by atoms with Gasteiger partial charge in [0.05, 0.1) is 11.2 Å². The Hall–Kier alpha value is -3.13. The van der Waals surface area contributed by atoms with Crippen LogP contribution in [0.4, 0.5) is 28.0 Å². The Morgan fingerprint density at radius 3 is 2.32 bits per heavy atom. The van der Waals surface area contributed by atoms with Crippen LogP contribution in [0.5, 0.6) is 0 Å². The van der Waals surface area contributed by atoms with Crippen LogP contribution in [0.2, 0.25) is 0 Å². The number of nitrogens with one attached hydrogen (secondary N) is 1. The van der Waals surface area contributed by atoms with Crippen molar-refractivity contribution in [2.24, 2.45) is 0 Å². The standard InChI is InChI=1S/C23H20F4N2O2/c24-19-12-18(23(25,26)27)13-20(14-19)28-21(30)29-9-7-22(31,8-10-29)17-6-5-15-3-1-2-4-16(15)11-17/h1-6,11-14,31H,7-10H2,(H,28,30). The maximum Gasteiger partial charge on any atom is 0.416 e. The number of benzene rings is 3. The van der Waals surface area contributed by atoms with Crippen molar-refractivity contribution in [3.8, 4) is 0 Å². The zero-order chi connectivity index (χ0) is 22.2. The van der Waals surface area contributed by atoms with Gasteiger partial charge in [-0.25, -0.2) is 9.18 Å². The van der Waals surface area contributed by atoms with Crippen LogP contribution in [0, 0.1) is 5.82 Å². The summed E-state index contributed by atoms with van der Waals surface area (Å²) in [7, 11) is 0. The van der Waals surface area contributed by atoms with Gasteiger partial charge in [-0.2, -0.15) is 13.2 Å². The zero-order valence-corrected chi connectivity index (χ0v) is 16.4. The Morgan fingerprint density at radius 2 is 1.65 bits per heavy atom. The number of alkyl halides is 3. The lowest BCUT2D eigenvalue weighted by molar-refractivity contribution is -0.137. The van der Waals surface area contributed by atoms with Gasteiger partial charge in [-0.1, -0.05) is 36.4 Å². The molecule has 4 rings (SSSR count). The maximum absolute atomic E-state index is 13.6. The molecule has 31 heavy (non-hydrogen) atoms. The second-order valence-corrected chi connectivity index (χ2v) is 7.74. The molecule has 0 atom stereocenters. The van der Waals surface area contributed by atoms with Crippen LogP contribution in [0.25, 0.3) is 10.8 Å². The summed E-state index contributed by atoms with van der Waals surface area (Å²) in [5, 5.41) is 15.5. The fraction of sp³-hybridized carbons (Fsp3) is 0.261. The van der Waals surface area contributed by atoms with Crippen molar-refractivity contribution in [2.45, 2.75) is 24.6 Å². The van der Waals surface area contributed by atoms with E-state index in [-0.39, 0.29) is 31.6 Å². The molecule has 1 aliphatic heterocycles. The first-order valence-corrected chi connectivity index (χ1v) is 9.79. The number of halogens is 4. The highest BCUT2D eigenvalue weighted by molar-refractivity contribution is 5.89. The number of amides is 2. The Balaban J connectivity index is 1.44. The molecule has 0 aliphatic carbocycles. The molecule has 2 N–H and O–H groups in total. The summed E-state index contributed by atoms with van der Waals surface area (Å²) in [5.41, 5.74) is -1.80. The Bertz CT molecular complexity index is 1120. The largest absolute Gasteiger partial charge is 0.416 e. The number of nitrogens with zero attached hydrogens (tertiary/aromatic N) is 1. The van der Waals surface area contributed by atoms with Gasteiger partial charge in [0.15, 0.2) is 0 Å². The van der Waals surface area contributed by atoms with Crippen LogP contribution in [0.15, 0.2) is 60.7 Å². The second-order valence-electron chi connectivity index (χ2n) is 7.74. The monoisotopic (exact) mass is 432 g/mol. The van der Waals surface area contributed by atoms with Gasteiger partial charge in [0.2, 0.25) is 0 Å². The van der Waals surface area contributed by atoms with Crippen molar-refractivity contribution in [1.82, 2.24) is 4.90 Å². The molecule has 8 heteroatoms. The van der Waals surface area contributed by atoms with Crippen molar-refractivity contribution < 1.29 is 27.5 Å². The van der Waals surface area contributed by atoms with Gasteiger partial charge in [-0.05, 0) is 53.4 Å². The average molecular weight is 432 g/mol.